The Balaban J connectivity index is 2.28. The lowest BCUT2D eigenvalue weighted by atomic mass is 9.99. The van der Waals surface area contributed by atoms with E-state index < -0.39 is 11.9 Å². The topological polar surface area (TPSA) is 35.2 Å². The van der Waals surface area contributed by atoms with Crippen molar-refractivity contribution in [1.82, 2.24) is 0 Å². The van der Waals surface area contributed by atoms with E-state index in [1.54, 1.807) is 12.1 Å². The van der Waals surface area contributed by atoms with Crippen molar-refractivity contribution in [1.29, 1.82) is 0 Å². The first-order chi connectivity index (χ1) is 9.13. The minimum absolute atomic E-state index is 0.0730. The smallest absolute Gasteiger partial charge is 0.142 e. The van der Waals surface area contributed by atoms with Crippen molar-refractivity contribution in [2.75, 3.05) is 6.61 Å². The van der Waals surface area contributed by atoms with Crippen molar-refractivity contribution in [2.24, 2.45) is 5.73 Å². The van der Waals surface area contributed by atoms with E-state index >= 15 is 0 Å². The summed E-state index contributed by atoms with van der Waals surface area (Å²) >= 11 is 5.94. The molecule has 0 aliphatic heterocycles. The van der Waals surface area contributed by atoms with Crippen LogP contribution in [0.15, 0.2) is 42.5 Å². The number of nitrogens with two attached hydrogens (primary N) is 1. The van der Waals surface area contributed by atoms with E-state index in [9.17, 15) is 4.39 Å². The van der Waals surface area contributed by atoms with Crippen LogP contribution < -0.4 is 10.5 Å². The van der Waals surface area contributed by atoms with E-state index in [0.717, 1.165) is 11.3 Å². The maximum atomic E-state index is 13.4. The highest BCUT2D eigenvalue weighted by atomic mass is 35.5. The molecule has 2 aromatic rings. The lowest BCUT2D eigenvalue weighted by molar-refractivity contribution is 0.340. The molecule has 0 saturated carbocycles. The van der Waals surface area contributed by atoms with Crippen LogP contribution in [0.25, 0.3) is 0 Å². The fourth-order valence-electron chi connectivity index (χ4n) is 1.88. The highest BCUT2D eigenvalue weighted by molar-refractivity contribution is 6.31. The Labute approximate surface area is 117 Å². The van der Waals surface area contributed by atoms with E-state index in [0.29, 0.717) is 12.2 Å². The first kappa shape index (κ1) is 13.8. The zero-order chi connectivity index (χ0) is 13.8. The normalized spacial score (nSPS) is 12.2. The lowest BCUT2D eigenvalue weighted by Crippen LogP contribution is -2.12. The Kier molecular flexibility index (Phi) is 4.40. The molecule has 0 heterocycles. The second-order valence-electron chi connectivity index (χ2n) is 4.12. The molecule has 0 saturated heterocycles. The number of hydrogen-bond acceptors (Lipinski definition) is 2. The molecule has 0 spiro atoms. The van der Waals surface area contributed by atoms with Crippen LogP contribution in [0.4, 0.5) is 4.39 Å². The Bertz CT molecular complexity index is 557. The third-order valence-electron chi connectivity index (χ3n) is 2.87. The second kappa shape index (κ2) is 6.04. The number of rotatable bonds is 4. The zero-order valence-electron chi connectivity index (χ0n) is 10.6. The van der Waals surface area contributed by atoms with Gasteiger partial charge < -0.3 is 10.5 Å². The number of ether oxygens (including phenoxy) is 1. The van der Waals surface area contributed by atoms with Crippen molar-refractivity contribution in [2.45, 2.75) is 13.0 Å². The quantitative estimate of drug-likeness (QED) is 0.920. The van der Waals surface area contributed by atoms with Gasteiger partial charge in [0.25, 0.3) is 0 Å². The molecule has 0 bridgehead atoms. The van der Waals surface area contributed by atoms with Crippen LogP contribution >= 0.6 is 11.6 Å². The monoisotopic (exact) mass is 279 g/mol. The Hall–Kier alpha value is -1.58. The molecule has 0 amide bonds. The second-order valence-corrected chi connectivity index (χ2v) is 4.50. The summed E-state index contributed by atoms with van der Waals surface area (Å²) in [5.74, 6) is 0.323. The van der Waals surface area contributed by atoms with Gasteiger partial charge in [0.2, 0.25) is 0 Å². The molecule has 0 aliphatic rings. The first-order valence-electron chi connectivity index (χ1n) is 6.05. The van der Waals surface area contributed by atoms with Crippen LogP contribution in [0.2, 0.25) is 5.02 Å². The molecule has 100 valence electrons. The van der Waals surface area contributed by atoms with E-state index in [1.807, 2.05) is 31.2 Å². The summed E-state index contributed by atoms with van der Waals surface area (Å²) in [4.78, 5) is 0. The third-order valence-corrected chi connectivity index (χ3v) is 3.27. The van der Waals surface area contributed by atoms with Crippen molar-refractivity contribution in [3.05, 3.63) is 64.4 Å². The minimum Gasteiger partial charge on any atom is -0.494 e. The summed E-state index contributed by atoms with van der Waals surface area (Å²) < 4.78 is 18.8. The molecule has 0 radical (unpaired) electrons. The van der Waals surface area contributed by atoms with Crippen LogP contribution in [-0.2, 0) is 0 Å². The van der Waals surface area contributed by atoms with Gasteiger partial charge in [0.1, 0.15) is 11.6 Å². The van der Waals surface area contributed by atoms with Gasteiger partial charge in [0.05, 0.1) is 17.7 Å². The zero-order valence-corrected chi connectivity index (χ0v) is 11.3. The van der Waals surface area contributed by atoms with Gasteiger partial charge in [-0.2, -0.15) is 0 Å². The van der Waals surface area contributed by atoms with Crippen LogP contribution in [0, 0.1) is 5.82 Å². The van der Waals surface area contributed by atoms with Crippen LogP contribution in [0.1, 0.15) is 24.1 Å². The van der Waals surface area contributed by atoms with Crippen molar-refractivity contribution >= 4 is 11.6 Å². The molecular weight excluding hydrogens is 265 g/mol. The average molecular weight is 280 g/mol. The predicted octanol–water partition coefficient (Wildman–Crippen LogP) is 3.93. The molecule has 1 atom stereocenters. The molecular formula is C15H15ClFNO. The summed E-state index contributed by atoms with van der Waals surface area (Å²) in [6.07, 6.45) is 0. The molecule has 2 rings (SSSR count). The molecule has 19 heavy (non-hydrogen) atoms. The van der Waals surface area contributed by atoms with Gasteiger partial charge in [0.15, 0.2) is 0 Å². The van der Waals surface area contributed by atoms with Crippen LogP contribution in [0.5, 0.6) is 5.75 Å². The highest BCUT2D eigenvalue weighted by Gasteiger charge is 2.14. The van der Waals surface area contributed by atoms with E-state index in [-0.39, 0.29) is 5.02 Å². The molecule has 0 fully saturated rings. The van der Waals surface area contributed by atoms with Gasteiger partial charge in [-0.05, 0) is 36.2 Å². The Morgan fingerprint density at radius 3 is 2.53 bits per heavy atom. The number of hydrogen-bond donors (Lipinski definition) is 1. The molecule has 2 aromatic carbocycles. The SMILES string of the molecule is CCOc1ccc(C(N)c2cccc(F)c2Cl)cc1. The van der Waals surface area contributed by atoms with Gasteiger partial charge in [-0.25, -0.2) is 4.39 Å². The molecule has 1 unspecified atom stereocenters. The standard InChI is InChI=1S/C15H15ClFNO/c1-2-19-11-8-6-10(7-9-11)15(18)12-4-3-5-13(17)14(12)16/h3-9,15H,2,18H2,1H3. The van der Waals surface area contributed by atoms with Gasteiger partial charge in [-0.3, -0.25) is 0 Å². The summed E-state index contributed by atoms with van der Waals surface area (Å²) in [5.41, 5.74) is 7.55. The fraction of sp³-hybridized carbons (Fsp3) is 0.200. The van der Waals surface area contributed by atoms with Crippen molar-refractivity contribution < 1.29 is 9.13 Å². The van der Waals surface area contributed by atoms with Gasteiger partial charge in [0, 0.05) is 0 Å². The summed E-state index contributed by atoms with van der Waals surface area (Å²) in [5, 5.41) is 0.0730. The van der Waals surface area contributed by atoms with Crippen LogP contribution in [-0.4, -0.2) is 6.61 Å². The molecule has 0 aromatic heterocycles. The van der Waals surface area contributed by atoms with Crippen LogP contribution in [0.3, 0.4) is 0 Å². The lowest BCUT2D eigenvalue weighted by Gasteiger charge is -2.15. The van der Waals surface area contributed by atoms with E-state index in [4.69, 9.17) is 22.1 Å². The fourth-order valence-corrected chi connectivity index (χ4v) is 2.12. The average Bonchev–Trinajstić information content (AvgIpc) is 2.42. The summed E-state index contributed by atoms with van der Waals surface area (Å²) in [6, 6.07) is 11.6. The third kappa shape index (κ3) is 3.06. The Morgan fingerprint density at radius 2 is 1.89 bits per heavy atom. The largest absolute Gasteiger partial charge is 0.494 e. The minimum atomic E-state index is -0.459. The maximum absolute atomic E-state index is 13.4. The maximum Gasteiger partial charge on any atom is 0.142 e. The van der Waals surface area contributed by atoms with Gasteiger partial charge >= 0.3 is 0 Å². The molecule has 4 heteroatoms. The molecule has 2 nitrogen and oxygen atoms in total. The van der Waals surface area contributed by atoms with Crippen molar-refractivity contribution in [3.8, 4) is 5.75 Å². The van der Waals surface area contributed by atoms with E-state index in [2.05, 4.69) is 0 Å². The number of benzene rings is 2. The van der Waals surface area contributed by atoms with Crippen molar-refractivity contribution in [3.63, 3.8) is 0 Å². The summed E-state index contributed by atoms with van der Waals surface area (Å²) in [6.45, 7) is 2.54. The van der Waals surface area contributed by atoms with E-state index in [1.165, 1.54) is 6.07 Å². The first-order valence-corrected chi connectivity index (χ1v) is 6.43. The molecule has 0 aliphatic carbocycles. The molecule has 2 N–H and O–H groups in total. The van der Waals surface area contributed by atoms with Gasteiger partial charge in [-0.15, -0.1) is 0 Å². The predicted molar refractivity (Wildman–Crippen MR) is 75.1 cm³/mol. The Morgan fingerprint density at radius 1 is 1.21 bits per heavy atom. The summed E-state index contributed by atoms with van der Waals surface area (Å²) in [7, 11) is 0. The number of halogens is 2. The van der Waals surface area contributed by atoms with Gasteiger partial charge in [-0.1, -0.05) is 35.9 Å². The highest BCUT2D eigenvalue weighted by Crippen LogP contribution is 2.29.